The molecule has 4 nitrogen and oxygen atoms in total. The lowest BCUT2D eigenvalue weighted by molar-refractivity contribution is -0.139. The van der Waals surface area contributed by atoms with Crippen LogP contribution in [0.1, 0.15) is 24.0 Å². The van der Waals surface area contributed by atoms with Crippen molar-refractivity contribution in [3.05, 3.63) is 65.5 Å². The van der Waals surface area contributed by atoms with E-state index < -0.39 is 23.6 Å². The third kappa shape index (κ3) is 5.45. The van der Waals surface area contributed by atoms with Crippen LogP contribution in [0, 0.1) is 5.82 Å². The highest BCUT2D eigenvalue weighted by atomic mass is 19.4. The Bertz CT molecular complexity index is 811. The minimum absolute atomic E-state index is 0.108. The first-order valence-corrected chi connectivity index (χ1v) is 9.02. The van der Waals surface area contributed by atoms with Crippen molar-refractivity contribution >= 4 is 11.7 Å². The Balaban J connectivity index is 1.56. The average molecular weight is 395 g/mol. The van der Waals surface area contributed by atoms with Crippen LogP contribution >= 0.6 is 0 Å². The molecule has 1 heterocycles. The fourth-order valence-corrected chi connectivity index (χ4v) is 3.33. The molecule has 2 N–H and O–H groups in total. The van der Waals surface area contributed by atoms with Gasteiger partial charge in [0.05, 0.1) is 5.56 Å². The minimum atomic E-state index is -4.82. The molecule has 0 saturated carbocycles. The molecular formula is C20H21F4N3O. The van der Waals surface area contributed by atoms with Crippen LogP contribution in [-0.4, -0.2) is 30.1 Å². The zero-order chi connectivity index (χ0) is 20.1. The van der Waals surface area contributed by atoms with Crippen LogP contribution in [0.3, 0.4) is 0 Å². The molecule has 8 heteroatoms. The SMILES string of the molecule is O=C(Nc1ccc(F)c(C(F)(F)F)c1)N[C@H]1CCCN(Cc2ccccc2)C1. The maximum Gasteiger partial charge on any atom is 0.419 e. The molecule has 150 valence electrons. The molecule has 1 aliphatic rings. The normalized spacial score (nSPS) is 17.9. The maximum atomic E-state index is 13.3. The summed E-state index contributed by atoms with van der Waals surface area (Å²) in [6.45, 7) is 2.34. The molecule has 1 atom stereocenters. The van der Waals surface area contributed by atoms with Crippen molar-refractivity contribution in [2.75, 3.05) is 18.4 Å². The van der Waals surface area contributed by atoms with Crippen molar-refractivity contribution in [1.82, 2.24) is 10.2 Å². The highest BCUT2D eigenvalue weighted by Gasteiger charge is 2.34. The molecule has 0 aromatic heterocycles. The van der Waals surface area contributed by atoms with Gasteiger partial charge in [-0.1, -0.05) is 30.3 Å². The van der Waals surface area contributed by atoms with Gasteiger partial charge >= 0.3 is 12.2 Å². The zero-order valence-electron chi connectivity index (χ0n) is 15.1. The molecule has 0 radical (unpaired) electrons. The standard InChI is InChI=1S/C20H21F4N3O/c21-18-9-8-15(11-17(18)20(22,23)24)25-19(28)26-16-7-4-10-27(13-16)12-14-5-2-1-3-6-14/h1-3,5-6,8-9,11,16H,4,7,10,12-13H2,(H2,25,26,28)/t16-/m0/s1. The average Bonchev–Trinajstić information content (AvgIpc) is 2.63. The second-order valence-corrected chi connectivity index (χ2v) is 6.85. The summed E-state index contributed by atoms with van der Waals surface area (Å²) < 4.78 is 51.7. The Morgan fingerprint density at radius 1 is 1.14 bits per heavy atom. The highest BCUT2D eigenvalue weighted by molar-refractivity contribution is 5.89. The smallest absolute Gasteiger partial charge is 0.334 e. The number of halogens is 4. The summed E-state index contributed by atoms with van der Waals surface area (Å²) in [5.41, 5.74) is -0.334. The van der Waals surface area contributed by atoms with Crippen LogP contribution in [0.25, 0.3) is 0 Å². The van der Waals surface area contributed by atoms with E-state index in [0.717, 1.165) is 32.0 Å². The molecule has 1 aliphatic heterocycles. The Morgan fingerprint density at radius 3 is 2.61 bits per heavy atom. The van der Waals surface area contributed by atoms with Gasteiger partial charge in [-0.05, 0) is 43.1 Å². The fraction of sp³-hybridized carbons (Fsp3) is 0.350. The Morgan fingerprint density at radius 2 is 1.89 bits per heavy atom. The van der Waals surface area contributed by atoms with Crippen molar-refractivity contribution in [3.63, 3.8) is 0 Å². The van der Waals surface area contributed by atoms with Crippen molar-refractivity contribution in [1.29, 1.82) is 0 Å². The first-order chi connectivity index (χ1) is 13.3. The molecule has 3 rings (SSSR count). The molecule has 2 aromatic carbocycles. The summed E-state index contributed by atoms with van der Waals surface area (Å²) in [4.78, 5) is 14.4. The van der Waals surface area contributed by atoms with Crippen LogP contribution in [-0.2, 0) is 12.7 Å². The van der Waals surface area contributed by atoms with Gasteiger partial charge < -0.3 is 10.6 Å². The van der Waals surface area contributed by atoms with Crippen LogP contribution in [0.5, 0.6) is 0 Å². The lowest BCUT2D eigenvalue weighted by atomic mass is 10.0. The molecule has 0 spiro atoms. The maximum absolute atomic E-state index is 13.3. The van der Waals surface area contributed by atoms with Crippen LogP contribution < -0.4 is 10.6 Å². The number of amides is 2. The van der Waals surface area contributed by atoms with Crippen molar-refractivity contribution in [2.45, 2.75) is 31.6 Å². The quantitative estimate of drug-likeness (QED) is 0.742. The number of alkyl halides is 3. The van der Waals surface area contributed by atoms with Crippen molar-refractivity contribution in [3.8, 4) is 0 Å². The first-order valence-electron chi connectivity index (χ1n) is 9.02. The summed E-state index contributed by atoms with van der Waals surface area (Å²) in [6.07, 6.45) is -3.12. The number of rotatable bonds is 4. The zero-order valence-corrected chi connectivity index (χ0v) is 15.1. The number of nitrogens with zero attached hydrogens (tertiary/aromatic N) is 1. The molecule has 1 fully saturated rings. The van der Waals surface area contributed by atoms with E-state index in [9.17, 15) is 22.4 Å². The van der Waals surface area contributed by atoms with E-state index in [1.54, 1.807) is 0 Å². The Labute approximate surface area is 160 Å². The van der Waals surface area contributed by atoms with E-state index in [2.05, 4.69) is 15.5 Å². The van der Waals surface area contributed by atoms with Gasteiger partial charge in [0, 0.05) is 24.8 Å². The number of carbonyl (C=O) groups excluding carboxylic acids is 1. The minimum Gasteiger partial charge on any atom is -0.334 e. The highest BCUT2D eigenvalue weighted by Crippen LogP contribution is 2.33. The third-order valence-corrected chi connectivity index (χ3v) is 4.62. The van der Waals surface area contributed by atoms with E-state index in [4.69, 9.17) is 0 Å². The Hall–Kier alpha value is -2.61. The van der Waals surface area contributed by atoms with Gasteiger partial charge in [0.2, 0.25) is 0 Å². The third-order valence-electron chi connectivity index (χ3n) is 4.62. The van der Waals surface area contributed by atoms with Crippen molar-refractivity contribution < 1.29 is 22.4 Å². The van der Waals surface area contributed by atoms with E-state index in [1.165, 1.54) is 5.56 Å². The summed E-state index contributed by atoms with van der Waals surface area (Å²) in [6, 6.07) is 11.7. The molecule has 2 amide bonds. The van der Waals surface area contributed by atoms with Gasteiger partial charge in [0.25, 0.3) is 0 Å². The monoisotopic (exact) mass is 395 g/mol. The molecule has 0 aliphatic carbocycles. The first kappa shape index (κ1) is 20.1. The summed E-state index contributed by atoms with van der Waals surface area (Å²) >= 11 is 0. The predicted octanol–water partition coefficient (Wildman–Crippen LogP) is 4.63. The number of anilines is 1. The number of urea groups is 1. The predicted molar refractivity (Wildman–Crippen MR) is 98.3 cm³/mol. The van der Waals surface area contributed by atoms with Gasteiger partial charge in [0.1, 0.15) is 5.82 Å². The fourth-order valence-electron chi connectivity index (χ4n) is 3.33. The van der Waals surface area contributed by atoms with Gasteiger partial charge in [0.15, 0.2) is 0 Å². The molecular weight excluding hydrogens is 374 g/mol. The summed E-state index contributed by atoms with van der Waals surface area (Å²) in [7, 11) is 0. The molecule has 1 saturated heterocycles. The molecule has 0 unspecified atom stereocenters. The second-order valence-electron chi connectivity index (χ2n) is 6.85. The van der Waals surface area contributed by atoms with Gasteiger partial charge in [-0.2, -0.15) is 13.2 Å². The number of carbonyl (C=O) groups is 1. The van der Waals surface area contributed by atoms with E-state index >= 15 is 0 Å². The number of hydrogen-bond acceptors (Lipinski definition) is 2. The van der Waals surface area contributed by atoms with Crippen LogP contribution in [0.4, 0.5) is 28.0 Å². The molecule has 0 bridgehead atoms. The van der Waals surface area contributed by atoms with E-state index in [1.807, 2.05) is 30.3 Å². The van der Waals surface area contributed by atoms with Gasteiger partial charge in [-0.25, -0.2) is 9.18 Å². The van der Waals surface area contributed by atoms with Crippen LogP contribution in [0.15, 0.2) is 48.5 Å². The summed E-state index contributed by atoms with van der Waals surface area (Å²) in [5, 5.41) is 5.15. The topological polar surface area (TPSA) is 44.4 Å². The number of benzene rings is 2. The Kier molecular flexibility index (Phi) is 6.18. The largest absolute Gasteiger partial charge is 0.419 e. The lowest BCUT2D eigenvalue weighted by Gasteiger charge is -2.33. The molecule has 2 aromatic rings. The van der Waals surface area contributed by atoms with Crippen molar-refractivity contribution in [2.24, 2.45) is 0 Å². The summed E-state index contributed by atoms with van der Waals surface area (Å²) in [5.74, 6) is -1.37. The molecule has 28 heavy (non-hydrogen) atoms. The number of piperidine rings is 1. The van der Waals surface area contributed by atoms with Gasteiger partial charge in [-0.3, -0.25) is 4.90 Å². The second kappa shape index (κ2) is 8.60. The lowest BCUT2D eigenvalue weighted by Crippen LogP contribution is -2.48. The van der Waals surface area contributed by atoms with Crippen LogP contribution in [0.2, 0.25) is 0 Å². The van der Waals surface area contributed by atoms with E-state index in [0.29, 0.717) is 18.7 Å². The number of hydrogen-bond donors (Lipinski definition) is 2. The van der Waals surface area contributed by atoms with Gasteiger partial charge in [-0.15, -0.1) is 0 Å². The van der Waals surface area contributed by atoms with E-state index in [-0.39, 0.29) is 11.7 Å². The number of likely N-dealkylation sites (tertiary alicyclic amines) is 1. The number of nitrogens with one attached hydrogen (secondary N) is 2.